The molecule has 1 amide bonds. The summed E-state index contributed by atoms with van der Waals surface area (Å²) in [4.78, 5) is 18.4. The fourth-order valence-corrected chi connectivity index (χ4v) is 5.24. The summed E-state index contributed by atoms with van der Waals surface area (Å²) < 4.78 is 6.51. The molecule has 2 N–H and O–H groups in total. The molecule has 0 radical (unpaired) electrons. The summed E-state index contributed by atoms with van der Waals surface area (Å²) in [6.45, 7) is 3.97. The number of carbonyl (C=O) groups excluding carboxylic acids is 1. The van der Waals surface area contributed by atoms with Crippen molar-refractivity contribution in [1.29, 1.82) is 0 Å². The minimum Gasteiger partial charge on any atom is -0.370 e. The third-order valence-corrected chi connectivity index (χ3v) is 7.15. The summed E-state index contributed by atoms with van der Waals surface area (Å²) in [6.07, 6.45) is 6.82. The van der Waals surface area contributed by atoms with Gasteiger partial charge in [-0.25, -0.2) is 0 Å². The summed E-state index contributed by atoms with van der Waals surface area (Å²) in [7, 11) is 0. The van der Waals surface area contributed by atoms with Crippen LogP contribution < -0.4 is 5.32 Å². The van der Waals surface area contributed by atoms with E-state index in [4.69, 9.17) is 4.74 Å². The Balaban J connectivity index is 1.04. The number of hydrogen-bond donors (Lipinski definition) is 2. The smallest absolute Gasteiger partial charge is 0.267 e. The maximum atomic E-state index is 12.6. The van der Waals surface area contributed by atoms with Crippen molar-refractivity contribution in [2.24, 2.45) is 0 Å². The Morgan fingerprint density at radius 1 is 1.06 bits per heavy atom. The van der Waals surface area contributed by atoms with Crippen LogP contribution in [-0.2, 0) is 11.2 Å². The number of hydrogen-bond acceptors (Lipinski definition) is 3. The number of para-hydroxylation sites is 1. The molecule has 3 aromatic rings. The molecule has 0 bridgehead atoms. The molecule has 5 heteroatoms. The second-order valence-corrected chi connectivity index (χ2v) is 9.37. The zero-order chi connectivity index (χ0) is 21.8. The highest BCUT2D eigenvalue weighted by atomic mass is 16.5. The summed E-state index contributed by atoms with van der Waals surface area (Å²) in [5.41, 5.74) is 3.05. The Morgan fingerprint density at radius 2 is 1.84 bits per heavy atom. The molecule has 1 spiro atoms. The van der Waals surface area contributed by atoms with Gasteiger partial charge in [-0.05, 0) is 62.8 Å². The van der Waals surface area contributed by atoms with Crippen molar-refractivity contribution in [1.82, 2.24) is 15.2 Å². The first-order valence-corrected chi connectivity index (χ1v) is 12.0. The van der Waals surface area contributed by atoms with Crippen molar-refractivity contribution in [2.75, 3.05) is 26.2 Å². The maximum Gasteiger partial charge on any atom is 0.267 e. The van der Waals surface area contributed by atoms with Crippen molar-refractivity contribution < 1.29 is 9.53 Å². The Bertz CT molecular complexity index is 1000. The molecule has 2 fully saturated rings. The van der Waals surface area contributed by atoms with E-state index in [9.17, 15) is 4.79 Å². The van der Waals surface area contributed by atoms with Crippen molar-refractivity contribution in [3.63, 3.8) is 0 Å². The number of aromatic nitrogens is 1. The van der Waals surface area contributed by atoms with Crippen LogP contribution in [0, 0.1) is 0 Å². The number of aromatic amines is 1. The van der Waals surface area contributed by atoms with Gasteiger partial charge in [-0.1, -0.05) is 48.5 Å². The molecule has 5 nitrogen and oxygen atoms in total. The number of ether oxygens (including phenoxy) is 1. The van der Waals surface area contributed by atoms with Crippen LogP contribution in [0.4, 0.5) is 0 Å². The molecule has 168 valence electrons. The van der Waals surface area contributed by atoms with Gasteiger partial charge in [-0.2, -0.15) is 0 Å². The summed E-state index contributed by atoms with van der Waals surface area (Å²) >= 11 is 0. The Kier molecular flexibility index (Phi) is 6.28. The molecule has 2 aliphatic heterocycles. The van der Waals surface area contributed by atoms with Gasteiger partial charge in [0.25, 0.3) is 5.91 Å². The molecule has 0 saturated carbocycles. The van der Waals surface area contributed by atoms with Crippen molar-refractivity contribution in [3.8, 4) is 0 Å². The zero-order valence-corrected chi connectivity index (χ0v) is 18.7. The van der Waals surface area contributed by atoms with Crippen LogP contribution in [-0.4, -0.2) is 53.7 Å². The lowest BCUT2D eigenvalue weighted by Crippen LogP contribution is -2.45. The summed E-state index contributed by atoms with van der Waals surface area (Å²) in [5, 5.41) is 4.13. The first kappa shape index (κ1) is 21.2. The largest absolute Gasteiger partial charge is 0.370 e. The third-order valence-electron chi connectivity index (χ3n) is 7.15. The second kappa shape index (κ2) is 9.47. The number of nitrogens with one attached hydrogen (secondary N) is 2. The SMILES string of the molecule is O=C(NC[C@H]1CCC2(CCN(CCCc3ccccc3)CC2)O1)c1cc2ccccc2[nH]1. The van der Waals surface area contributed by atoms with Crippen molar-refractivity contribution in [3.05, 3.63) is 71.9 Å². The van der Waals surface area contributed by atoms with Crippen molar-refractivity contribution >= 4 is 16.8 Å². The number of piperidine rings is 1. The van der Waals surface area contributed by atoms with Gasteiger partial charge >= 0.3 is 0 Å². The molecule has 32 heavy (non-hydrogen) atoms. The first-order chi connectivity index (χ1) is 15.7. The zero-order valence-electron chi connectivity index (χ0n) is 18.7. The number of likely N-dealkylation sites (tertiary alicyclic amines) is 1. The highest BCUT2D eigenvalue weighted by Gasteiger charge is 2.42. The standard InChI is InChI=1S/C27H33N3O2/c31-26(25-19-22-10-4-5-11-24(22)29-25)28-20-23-12-13-27(32-23)14-17-30(18-15-27)16-6-9-21-7-2-1-3-8-21/h1-5,7-8,10-11,19,23,29H,6,9,12-18,20H2,(H,28,31)/t23-/m1/s1. The molecule has 0 unspecified atom stereocenters. The van der Waals surface area contributed by atoms with E-state index in [1.54, 1.807) is 0 Å². The first-order valence-electron chi connectivity index (χ1n) is 12.0. The number of H-pyrrole nitrogens is 1. The molecule has 2 aromatic carbocycles. The molecule has 2 aliphatic rings. The lowest BCUT2D eigenvalue weighted by Gasteiger charge is -2.39. The van der Waals surface area contributed by atoms with Gasteiger partial charge in [0.2, 0.25) is 0 Å². The van der Waals surface area contributed by atoms with Gasteiger partial charge < -0.3 is 19.9 Å². The van der Waals surface area contributed by atoms with Gasteiger partial charge in [0, 0.05) is 30.5 Å². The predicted octanol–water partition coefficient (Wildman–Crippen LogP) is 4.54. The van der Waals surface area contributed by atoms with Gasteiger partial charge in [0.15, 0.2) is 0 Å². The average molecular weight is 432 g/mol. The van der Waals surface area contributed by atoms with E-state index < -0.39 is 0 Å². The number of carbonyl (C=O) groups is 1. The van der Waals surface area contributed by atoms with E-state index in [2.05, 4.69) is 45.5 Å². The van der Waals surface area contributed by atoms with Gasteiger partial charge in [-0.15, -0.1) is 0 Å². The van der Waals surface area contributed by atoms with Gasteiger partial charge in [-0.3, -0.25) is 4.79 Å². The number of benzene rings is 2. The Morgan fingerprint density at radius 3 is 2.66 bits per heavy atom. The van der Waals surface area contributed by atoms with Crippen LogP contribution in [0.15, 0.2) is 60.7 Å². The van der Waals surface area contributed by atoms with E-state index in [0.29, 0.717) is 12.2 Å². The van der Waals surface area contributed by atoms with E-state index in [-0.39, 0.29) is 17.6 Å². The van der Waals surface area contributed by atoms with E-state index in [0.717, 1.165) is 62.6 Å². The summed E-state index contributed by atoms with van der Waals surface area (Å²) in [6, 6.07) is 20.6. The highest BCUT2D eigenvalue weighted by Crippen LogP contribution is 2.38. The van der Waals surface area contributed by atoms with Crippen LogP contribution in [0.2, 0.25) is 0 Å². The molecule has 5 rings (SSSR count). The lowest BCUT2D eigenvalue weighted by atomic mass is 9.88. The topological polar surface area (TPSA) is 57.4 Å². The van der Waals surface area contributed by atoms with Gasteiger partial charge in [0.1, 0.15) is 5.69 Å². The van der Waals surface area contributed by atoms with Crippen LogP contribution in [0.25, 0.3) is 10.9 Å². The lowest BCUT2D eigenvalue weighted by molar-refractivity contribution is -0.0754. The molecule has 1 aromatic heterocycles. The minimum absolute atomic E-state index is 0.0203. The Hall–Kier alpha value is -2.63. The fraction of sp³-hybridized carbons (Fsp3) is 0.444. The molecule has 2 saturated heterocycles. The minimum atomic E-state index is -0.0565. The highest BCUT2D eigenvalue weighted by molar-refractivity contribution is 5.97. The number of nitrogens with zero attached hydrogens (tertiary/aromatic N) is 1. The van der Waals surface area contributed by atoms with E-state index in [1.807, 2.05) is 30.3 Å². The molecule has 3 heterocycles. The number of fused-ring (bicyclic) bond motifs is 1. The number of aryl methyl sites for hydroxylation is 1. The molecule has 0 aliphatic carbocycles. The van der Waals surface area contributed by atoms with Crippen LogP contribution in [0.5, 0.6) is 0 Å². The molecular formula is C27H33N3O2. The predicted molar refractivity (Wildman–Crippen MR) is 128 cm³/mol. The van der Waals surface area contributed by atoms with E-state index >= 15 is 0 Å². The quantitative estimate of drug-likeness (QED) is 0.577. The third kappa shape index (κ3) is 4.89. The molecule has 1 atom stereocenters. The monoisotopic (exact) mass is 431 g/mol. The van der Waals surface area contributed by atoms with Crippen LogP contribution in [0.3, 0.4) is 0 Å². The number of amides is 1. The number of rotatable bonds is 7. The molecular weight excluding hydrogens is 398 g/mol. The van der Waals surface area contributed by atoms with Crippen molar-refractivity contribution in [2.45, 2.75) is 50.2 Å². The van der Waals surface area contributed by atoms with E-state index in [1.165, 1.54) is 12.0 Å². The van der Waals surface area contributed by atoms with Crippen LogP contribution in [0.1, 0.15) is 48.2 Å². The fourth-order valence-electron chi connectivity index (χ4n) is 5.24. The van der Waals surface area contributed by atoms with Gasteiger partial charge in [0.05, 0.1) is 11.7 Å². The summed E-state index contributed by atoms with van der Waals surface area (Å²) in [5.74, 6) is -0.0565. The average Bonchev–Trinajstić information content (AvgIpc) is 3.44. The van der Waals surface area contributed by atoms with Crippen LogP contribution >= 0.6 is 0 Å². The normalized spacial score (nSPS) is 20.7. The second-order valence-electron chi connectivity index (χ2n) is 9.37. The maximum absolute atomic E-state index is 12.6. The Labute approximate surface area is 190 Å².